The maximum atomic E-state index is 5.69. The van der Waals surface area contributed by atoms with Crippen molar-refractivity contribution in [1.29, 1.82) is 0 Å². The number of hydrogen-bond acceptors (Lipinski definition) is 2. The van der Waals surface area contributed by atoms with Crippen LogP contribution in [0.1, 0.15) is 46.5 Å². The third-order valence-corrected chi connectivity index (χ3v) is 3.92. The summed E-state index contributed by atoms with van der Waals surface area (Å²) in [5, 5.41) is 0. The summed E-state index contributed by atoms with van der Waals surface area (Å²) < 4.78 is 0. The van der Waals surface area contributed by atoms with Crippen molar-refractivity contribution in [2.24, 2.45) is 11.1 Å². The van der Waals surface area contributed by atoms with Gasteiger partial charge in [0.25, 0.3) is 0 Å². The third-order valence-electron chi connectivity index (χ3n) is 3.92. The minimum absolute atomic E-state index is 0.529. The van der Waals surface area contributed by atoms with E-state index >= 15 is 0 Å². The van der Waals surface area contributed by atoms with Crippen LogP contribution in [0.2, 0.25) is 0 Å². The summed E-state index contributed by atoms with van der Waals surface area (Å²) in [5.41, 5.74) is 6.26. The van der Waals surface area contributed by atoms with Gasteiger partial charge in [-0.15, -0.1) is 0 Å². The monoisotopic (exact) mass is 198 g/mol. The molecule has 0 spiro atoms. The van der Waals surface area contributed by atoms with E-state index in [4.69, 9.17) is 5.73 Å². The van der Waals surface area contributed by atoms with Crippen molar-refractivity contribution in [2.45, 2.75) is 58.5 Å². The van der Waals surface area contributed by atoms with Crippen molar-refractivity contribution >= 4 is 0 Å². The Labute approximate surface area is 88.8 Å². The molecule has 1 unspecified atom stereocenters. The number of rotatable bonds is 3. The van der Waals surface area contributed by atoms with Gasteiger partial charge in [-0.25, -0.2) is 0 Å². The topological polar surface area (TPSA) is 29.3 Å². The molecule has 0 radical (unpaired) electrons. The second-order valence-electron chi connectivity index (χ2n) is 5.65. The maximum Gasteiger partial charge on any atom is 0.0190 e. The van der Waals surface area contributed by atoms with E-state index in [1.54, 1.807) is 0 Å². The van der Waals surface area contributed by atoms with Crippen molar-refractivity contribution in [3.63, 3.8) is 0 Å². The van der Waals surface area contributed by atoms with Crippen LogP contribution in [0.15, 0.2) is 0 Å². The van der Waals surface area contributed by atoms with Crippen molar-refractivity contribution < 1.29 is 0 Å². The zero-order valence-electron chi connectivity index (χ0n) is 10.2. The lowest BCUT2D eigenvalue weighted by molar-refractivity contribution is 0.103. The predicted octanol–water partition coefficient (Wildman–Crippen LogP) is 2.23. The van der Waals surface area contributed by atoms with Crippen LogP contribution in [0.25, 0.3) is 0 Å². The highest BCUT2D eigenvalue weighted by Gasteiger charge is 2.29. The first-order valence-electron chi connectivity index (χ1n) is 5.88. The van der Waals surface area contributed by atoms with Crippen LogP contribution in [0, 0.1) is 5.41 Å². The molecule has 14 heavy (non-hydrogen) atoms. The Kier molecular flexibility index (Phi) is 3.96. The minimum Gasteiger partial charge on any atom is -0.329 e. The Morgan fingerprint density at radius 1 is 1.36 bits per heavy atom. The third kappa shape index (κ3) is 2.96. The Hall–Kier alpha value is -0.0800. The van der Waals surface area contributed by atoms with Gasteiger partial charge in [-0.2, -0.15) is 0 Å². The van der Waals surface area contributed by atoms with Crippen LogP contribution >= 0.6 is 0 Å². The predicted molar refractivity (Wildman–Crippen MR) is 62.3 cm³/mol. The lowest BCUT2D eigenvalue weighted by Gasteiger charge is -2.40. The van der Waals surface area contributed by atoms with Gasteiger partial charge in [0.2, 0.25) is 0 Å². The largest absolute Gasteiger partial charge is 0.329 e. The van der Waals surface area contributed by atoms with Gasteiger partial charge in [-0.1, -0.05) is 13.8 Å². The number of hydrogen-bond donors (Lipinski definition) is 1. The lowest BCUT2D eigenvalue weighted by Crippen LogP contribution is -2.44. The van der Waals surface area contributed by atoms with E-state index in [0.29, 0.717) is 11.5 Å². The Balaban J connectivity index is 2.41. The molecule has 1 aliphatic rings. The number of likely N-dealkylation sites (N-methyl/N-ethyl adjacent to an activating group) is 1. The fraction of sp³-hybridized carbons (Fsp3) is 1.00. The Morgan fingerprint density at radius 3 is 2.29 bits per heavy atom. The first-order valence-corrected chi connectivity index (χ1v) is 5.88. The molecule has 2 nitrogen and oxygen atoms in total. The Morgan fingerprint density at radius 2 is 1.86 bits per heavy atom. The van der Waals surface area contributed by atoms with Crippen LogP contribution in [-0.2, 0) is 0 Å². The highest BCUT2D eigenvalue weighted by atomic mass is 15.2. The van der Waals surface area contributed by atoms with Gasteiger partial charge in [0.1, 0.15) is 0 Å². The average Bonchev–Trinajstić information content (AvgIpc) is 2.15. The minimum atomic E-state index is 0.529. The molecule has 0 bridgehead atoms. The van der Waals surface area contributed by atoms with Crippen LogP contribution in [0.3, 0.4) is 0 Å². The molecule has 2 heteroatoms. The van der Waals surface area contributed by atoms with Crippen LogP contribution < -0.4 is 5.73 Å². The number of nitrogens with two attached hydrogens (primary N) is 1. The van der Waals surface area contributed by atoms with Crippen molar-refractivity contribution in [1.82, 2.24) is 4.90 Å². The SMILES string of the molecule is CC(CN)N(C)C1CCC(C)(C)CC1. The van der Waals surface area contributed by atoms with Crippen molar-refractivity contribution in [2.75, 3.05) is 13.6 Å². The summed E-state index contributed by atoms with van der Waals surface area (Å²) in [6, 6.07) is 1.29. The molecule has 84 valence electrons. The molecule has 1 atom stereocenters. The highest BCUT2D eigenvalue weighted by Crippen LogP contribution is 2.36. The molecule has 1 saturated carbocycles. The summed E-state index contributed by atoms with van der Waals surface area (Å²) in [7, 11) is 2.22. The molecule has 2 N–H and O–H groups in total. The number of nitrogens with zero attached hydrogens (tertiary/aromatic N) is 1. The molecule has 0 aromatic carbocycles. The lowest BCUT2D eigenvalue weighted by atomic mass is 9.75. The van der Waals surface area contributed by atoms with Gasteiger partial charge < -0.3 is 5.73 Å². The first-order chi connectivity index (χ1) is 6.46. The molecule has 0 aliphatic heterocycles. The van der Waals surface area contributed by atoms with Gasteiger partial charge in [0.05, 0.1) is 0 Å². The first kappa shape index (κ1) is 12.0. The molecule has 0 aromatic rings. The molecular weight excluding hydrogens is 172 g/mol. The van der Waals surface area contributed by atoms with Crippen molar-refractivity contribution in [3.05, 3.63) is 0 Å². The Bertz CT molecular complexity index is 167. The molecule has 0 saturated heterocycles. The zero-order chi connectivity index (χ0) is 10.8. The van der Waals surface area contributed by atoms with Crippen LogP contribution in [-0.4, -0.2) is 30.6 Å². The van der Waals surface area contributed by atoms with E-state index in [1.807, 2.05) is 0 Å². The maximum absolute atomic E-state index is 5.69. The van der Waals surface area contributed by atoms with Gasteiger partial charge in [0.15, 0.2) is 0 Å². The molecule has 1 rings (SSSR count). The van der Waals surface area contributed by atoms with E-state index in [9.17, 15) is 0 Å². The molecular formula is C12H26N2. The van der Waals surface area contributed by atoms with Gasteiger partial charge >= 0.3 is 0 Å². The zero-order valence-corrected chi connectivity index (χ0v) is 10.2. The summed E-state index contributed by atoms with van der Waals surface area (Å²) in [6.45, 7) is 7.77. The fourth-order valence-electron chi connectivity index (χ4n) is 2.32. The van der Waals surface area contributed by atoms with E-state index in [2.05, 4.69) is 32.7 Å². The van der Waals surface area contributed by atoms with Gasteiger partial charge in [0, 0.05) is 18.6 Å². The quantitative estimate of drug-likeness (QED) is 0.753. The van der Waals surface area contributed by atoms with Gasteiger partial charge in [-0.3, -0.25) is 4.90 Å². The molecule has 1 aliphatic carbocycles. The average molecular weight is 198 g/mol. The standard InChI is InChI=1S/C12H26N2/c1-10(9-13)14(4)11-5-7-12(2,3)8-6-11/h10-11H,5-9,13H2,1-4H3. The summed E-state index contributed by atoms with van der Waals surface area (Å²) in [4.78, 5) is 2.47. The molecule has 0 heterocycles. The summed E-state index contributed by atoms with van der Waals surface area (Å²) >= 11 is 0. The molecule has 1 fully saturated rings. The summed E-state index contributed by atoms with van der Waals surface area (Å²) in [6.07, 6.45) is 5.40. The second-order valence-corrected chi connectivity index (χ2v) is 5.65. The van der Waals surface area contributed by atoms with Crippen molar-refractivity contribution in [3.8, 4) is 0 Å². The highest BCUT2D eigenvalue weighted by molar-refractivity contribution is 4.84. The summed E-state index contributed by atoms with van der Waals surface area (Å²) in [5.74, 6) is 0. The normalized spacial score (nSPS) is 25.3. The molecule has 0 aromatic heterocycles. The molecule has 0 amide bonds. The van der Waals surface area contributed by atoms with E-state index < -0.39 is 0 Å². The van der Waals surface area contributed by atoms with E-state index in [0.717, 1.165) is 12.6 Å². The van der Waals surface area contributed by atoms with Gasteiger partial charge in [-0.05, 0) is 45.1 Å². The fourth-order valence-corrected chi connectivity index (χ4v) is 2.32. The van der Waals surface area contributed by atoms with Crippen LogP contribution in [0.5, 0.6) is 0 Å². The van der Waals surface area contributed by atoms with E-state index in [1.165, 1.54) is 25.7 Å². The smallest absolute Gasteiger partial charge is 0.0190 e. The second kappa shape index (κ2) is 4.63. The van der Waals surface area contributed by atoms with E-state index in [-0.39, 0.29) is 0 Å². The van der Waals surface area contributed by atoms with Crippen LogP contribution in [0.4, 0.5) is 0 Å².